The zero-order valence-electron chi connectivity index (χ0n) is 8.92. The van der Waals surface area contributed by atoms with Crippen LogP contribution in [0.15, 0.2) is 0 Å². The Morgan fingerprint density at radius 2 is 2.33 bits per heavy atom. The van der Waals surface area contributed by atoms with Crippen molar-refractivity contribution >= 4 is 5.91 Å². The summed E-state index contributed by atoms with van der Waals surface area (Å²) >= 11 is 0. The molecule has 1 amide bonds. The van der Waals surface area contributed by atoms with E-state index in [4.69, 9.17) is 4.74 Å². The van der Waals surface area contributed by atoms with Crippen LogP contribution in [-0.4, -0.2) is 50.8 Å². The first-order valence-corrected chi connectivity index (χ1v) is 5.68. The van der Waals surface area contributed by atoms with Crippen molar-refractivity contribution in [2.24, 2.45) is 0 Å². The van der Waals surface area contributed by atoms with Crippen LogP contribution in [0.4, 0.5) is 0 Å². The number of piperidine rings is 1. The topological polar surface area (TPSA) is 62.4 Å². The number of hydrogen-bond donors (Lipinski definition) is 3. The Balaban J connectivity index is 1.74. The summed E-state index contributed by atoms with van der Waals surface area (Å²) in [6, 6.07) is 0.121. The third-order valence-electron chi connectivity index (χ3n) is 2.88. The molecule has 1 unspecified atom stereocenters. The van der Waals surface area contributed by atoms with Gasteiger partial charge in [-0.2, -0.15) is 0 Å². The molecule has 5 heteroatoms. The van der Waals surface area contributed by atoms with E-state index in [1.165, 1.54) is 0 Å². The molecule has 0 radical (unpaired) electrons. The molecule has 0 spiro atoms. The van der Waals surface area contributed by atoms with Gasteiger partial charge in [-0.25, -0.2) is 0 Å². The number of hydrogen-bond acceptors (Lipinski definition) is 4. The molecule has 0 saturated carbocycles. The second-order valence-electron chi connectivity index (χ2n) is 4.13. The monoisotopic (exact) mass is 213 g/mol. The lowest BCUT2D eigenvalue weighted by Crippen LogP contribution is -2.55. The van der Waals surface area contributed by atoms with Gasteiger partial charge in [-0.3, -0.25) is 4.79 Å². The van der Waals surface area contributed by atoms with E-state index < -0.39 is 0 Å². The summed E-state index contributed by atoms with van der Waals surface area (Å²) < 4.78 is 5.25. The summed E-state index contributed by atoms with van der Waals surface area (Å²) in [5.41, 5.74) is 0. The Hall–Kier alpha value is -0.650. The van der Waals surface area contributed by atoms with Crippen molar-refractivity contribution in [3.05, 3.63) is 0 Å². The first-order chi connectivity index (χ1) is 7.36. The molecule has 2 rings (SSSR count). The van der Waals surface area contributed by atoms with E-state index in [9.17, 15) is 4.79 Å². The van der Waals surface area contributed by atoms with Crippen molar-refractivity contribution in [2.75, 3.05) is 32.8 Å². The number of amides is 1. The quantitative estimate of drug-likeness (QED) is 0.541. The molecule has 15 heavy (non-hydrogen) atoms. The van der Waals surface area contributed by atoms with Crippen LogP contribution in [0.2, 0.25) is 0 Å². The van der Waals surface area contributed by atoms with Crippen molar-refractivity contribution < 1.29 is 9.53 Å². The zero-order valence-corrected chi connectivity index (χ0v) is 8.92. The predicted octanol–water partition coefficient (Wildman–Crippen LogP) is -1.16. The highest BCUT2D eigenvalue weighted by molar-refractivity contribution is 5.82. The molecule has 0 aromatic carbocycles. The largest absolute Gasteiger partial charge is 0.378 e. The number of ether oxygens (including phenoxy) is 1. The molecule has 0 aliphatic carbocycles. The number of carbonyl (C=O) groups is 1. The van der Waals surface area contributed by atoms with Gasteiger partial charge in [-0.05, 0) is 19.4 Å². The molecule has 2 aliphatic rings. The average Bonchev–Trinajstić information content (AvgIpc) is 2.31. The van der Waals surface area contributed by atoms with Crippen LogP contribution in [0.3, 0.4) is 0 Å². The van der Waals surface area contributed by atoms with Crippen LogP contribution in [0.1, 0.15) is 12.8 Å². The predicted molar refractivity (Wildman–Crippen MR) is 56.6 cm³/mol. The maximum atomic E-state index is 11.8. The Kier molecular flexibility index (Phi) is 3.94. The van der Waals surface area contributed by atoms with Crippen molar-refractivity contribution in [2.45, 2.75) is 24.9 Å². The van der Waals surface area contributed by atoms with Crippen molar-refractivity contribution in [3.8, 4) is 0 Å². The van der Waals surface area contributed by atoms with Crippen molar-refractivity contribution in [1.82, 2.24) is 16.0 Å². The lowest BCUT2D eigenvalue weighted by Gasteiger charge is -2.28. The highest BCUT2D eigenvalue weighted by Gasteiger charge is 2.24. The number of morpholine rings is 1. The van der Waals surface area contributed by atoms with Crippen LogP contribution in [-0.2, 0) is 9.53 Å². The fraction of sp³-hybridized carbons (Fsp3) is 0.900. The Bertz CT molecular complexity index is 211. The first kappa shape index (κ1) is 10.9. The molecule has 86 valence electrons. The molecule has 5 nitrogen and oxygen atoms in total. The smallest absolute Gasteiger partial charge is 0.239 e. The van der Waals surface area contributed by atoms with Gasteiger partial charge in [-0.15, -0.1) is 0 Å². The van der Waals surface area contributed by atoms with E-state index in [1.54, 1.807) is 0 Å². The SMILES string of the molecule is O=C(N[C@@H]1CCCNC1)C1COCCN1. The summed E-state index contributed by atoms with van der Waals surface area (Å²) in [6.07, 6.45) is 2.21. The van der Waals surface area contributed by atoms with Gasteiger partial charge in [0.25, 0.3) is 0 Å². The number of nitrogens with one attached hydrogen (secondary N) is 3. The summed E-state index contributed by atoms with van der Waals surface area (Å²) in [6.45, 7) is 3.91. The van der Waals surface area contributed by atoms with Gasteiger partial charge >= 0.3 is 0 Å². The fourth-order valence-electron chi connectivity index (χ4n) is 2.01. The van der Waals surface area contributed by atoms with Gasteiger partial charge in [0.15, 0.2) is 0 Å². The van der Waals surface area contributed by atoms with Crippen molar-refractivity contribution in [3.63, 3.8) is 0 Å². The van der Waals surface area contributed by atoms with Gasteiger partial charge < -0.3 is 20.7 Å². The normalized spacial score (nSPS) is 32.3. The second kappa shape index (κ2) is 5.44. The summed E-state index contributed by atoms with van der Waals surface area (Å²) in [5, 5.41) is 9.47. The third-order valence-corrected chi connectivity index (χ3v) is 2.88. The van der Waals surface area contributed by atoms with E-state index in [0.29, 0.717) is 13.2 Å². The van der Waals surface area contributed by atoms with E-state index in [-0.39, 0.29) is 18.0 Å². The fourth-order valence-corrected chi connectivity index (χ4v) is 2.01. The van der Waals surface area contributed by atoms with Crippen LogP contribution in [0.5, 0.6) is 0 Å². The second-order valence-corrected chi connectivity index (χ2v) is 4.13. The molecule has 2 saturated heterocycles. The molecule has 2 aliphatic heterocycles. The Labute approximate surface area is 89.9 Å². The summed E-state index contributed by atoms with van der Waals surface area (Å²) in [7, 11) is 0. The van der Waals surface area contributed by atoms with Gasteiger partial charge in [0.05, 0.1) is 13.2 Å². The maximum absolute atomic E-state index is 11.8. The zero-order chi connectivity index (χ0) is 10.5. The van der Waals surface area contributed by atoms with E-state index in [0.717, 1.165) is 32.5 Å². The Morgan fingerprint density at radius 1 is 1.40 bits per heavy atom. The summed E-state index contributed by atoms with van der Waals surface area (Å²) in [4.78, 5) is 11.8. The van der Waals surface area contributed by atoms with Crippen LogP contribution in [0, 0.1) is 0 Å². The lowest BCUT2D eigenvalue weighted by atomic mass is 10.1. The average molecular weight is 213 g/mol. The van der Waals surface area contributed by atoms with E-state index >= 15 is 0 Å². The number of rotatable bonds is 2. The molecule has 3 N–H and O–H groups in total. The first-order valence-electron chi connectivity index (χ1n) is 5.68. The molecule has 0 bridgehead atoms. The highest BCUT2D eigenvalue weighted by Crippen LogP contribution is 2.02. The third kappa shape index (κ3) is 3.15. The van der Waals surface area contributed by atoms with E-state index in [1.807, 2.05) is 0 Å². The van der Waals surface area contributed by atoms with Gasteiger partial charge in [0, 0.05) is 19.1 Å². The molecule has 0 aromatic rings. The molecule has 0 aromatic heterocycles. The molecule has 2 atom stereocenters. The van der Waals surface area contributed by atoms with Crippen LogP contribution in [0.25, 0.3) is 0 Å². The minimum atomic E-state index is -0.166. The number of carbonyl (C=O) groups excluding carboxylic acids is 1. The standard InChI is InChI=1S/C10H19N3O2/c14-10(9-7-15-5-4-12-9)13-8-2-1-3-11-6-8/h8-9,11-12H,1-7H2,(H,13,14)/t8-,9?/m1/s1. The van der Waals surface area contributed by atoms with E-state index in [2.05, 4.69) is 16.0 Å². The highest BCUT2D eigenvalue weighted by atomic mass is 16.5. The molecule has 2 heterocycles. The van der Waals surface area contributed by atoms with Crippen molar-refractivity contribution in [1.29, 1.82) is 0 Å². The molecule has 2 fully saturated rings. The van der Waals surface area contributed by atoms with Crippen LogP contribution < -0.4 is 16.0 Å². The van der Waals surface area contributed by atoms with Gasteiger partial charge in [0.2, 0.25) is 5.91 Å². The van der Waals surface area contributed by atoms with Crippen LogP contribution >= 0.6 is 0 Å². The van der Waals surface area contributed by atoms with Gasteiger partial charge in [-0.1, -0.05) is 0 Å². The minimum absolute atomic E-state index is 0.0726. The maximum Gasteiger partial charge on any atom is 0.239 e. The minimum Gasteiger partial charge on any atom is -0.378 e. The van der Waals surface area contributed by atoms with Gasteiger partial charge in [0.1, 0.15) is 6.04 Å². The molecular weight excluding hydrogens is 194 g/mol. The molecular formula is C10H19N3O2. The summed E-state index contributed by atoms with van der Waals surface area (Å²) in [5.74, 6) is 0.0726. The lowest BCUT2D eigenvalue weighted by molar-refractivity contribution is -0.126. The Morgan fingerprint density at radius 3 is 3.00 bits per heavy atom.